The van der Waals surface area contributed by atoms with Crippen LogP contribution in [0.1, 0.15) is 32.5 Å². The van der Waals surface area contributed by atoms with Crippen LogP contribution in [-0.4, -0.2) is 41.5 Å². The Labute approximate surface area is 198 Å². The SMILES string of the molecule is CCOC(=O)c1sc(-c2ccccc2)cc1NC(=O)COC(=O)c1cccc(C[S@](C)=O)c1. The molecule has 0 aliphatic heterocycles. The smallest absolute Gasteiger partial charge is 0.350 e. The van der Waals surface area contributed by atoms with Gasteiger partial charge in [-0.3, -0.25) is 9.00 Å². The van der Waals surface area contributed by atoms with Crippen molar-refractivity contribution >= 4 is 45.7 Å². The first-order chi connectivity index (χ1) is 15.9. The standard InChI is InChI=1S/C24H23NO6S2/c1-3-30-24(28)22-19(13-20(32-22)17-9-5-4-6-10-17)25-21(26)14-31-23(27)18-11-7-8-16(12-18)15-33(2)29/h4-13H,3,14-15H2,1-2H3,(H,25,26)/t33-/m0/s1. The number of rotatable bonds is 9. The number of carbonyl (C=O) groups excluding carboxylic acids is 3. The summed E-state index contributed by atoms with van der Waals surface area (Å²) in [5.74, 6) is -1.48. The van der Waals surface area contributed by atoms with Crippen molar-refractivity contribution in [1.82, 2.24) is 0 Å². The number of carbonyl (C=O) groups is 3. The number of esters is 2. The summed E-state index contributed by atoms with van der Waals surface area (Å²) in [6.45, 7) is 1.38. The molecule has 0 unspecified atom stereocenters. The van der Waals surface area contributed by atoms with E-state index >= 15 is 0 Å². The molecule has 0 fully saturated rings. The van der Waals surface area contributed by atoms with E-state index in [1.54, 1.807) is 43.5 Å². The number of benzene rings is 2. The molecule has 0 radical (unpaired) electrons. The van der Waals surface area contributed by atoms with E-state index < -0.39 is 35.3 Å². The van der Waals surface area contributed by atoms with E-state index in [1.807, 2.05) is 30.3 Å². The Morgan fingerprint density at radius 2 is 1.73 bits per heavy atom. The number of ether oxygens (including phenoxy) is 2. The molecule has 0 aliphatic rings. The Morgan fingerprint density at radius 3 is 2.42 bits per heavy atom. The van der Waals surface area contributed by atoms with Gasteiger partial charge in [0, 0.05) is 27.7 Å². The highest BCUT2D eigenvalue weighted by Gasteiger charge is 2.20. The zero-order valence-electron chi connectivity index (χ0n) is 18.2. The average Bonchev–Trinajstić information content (AvgIpc) is 3.22. The lowest BCUT2D eigenvalue weighted by molar-refractivity contribution is -0.119. The van der Waals surface area contributed by atoms with Crippen LogP contribution in [0.4, 0.5) is 5.69 Å². The van der Waals surface area contributed by atoms with Gasteiger partial charge in [-0.15, -0.1) is 11.3 Å². The maximum atomic E-state index is 12.5. The van der Waals surface area contributed by atoms with Crippen molar-refractivity contribution in [3.8, 4) is 10.4 Å². The Hall–Kier alpha value is -3.30. The fourth-order valence-electron chi connectivity index (χ4n) is 3.00. The maximum absolute atomic E-state index is 12.5. The molecule has 9 heteroatoms. The van der Waals surface area contributed by atoms with Crippen LogP contribution >= 0.6 is 11.3 Å². The van der Waals surface area contributed by atoms with Gasteiger partial charge in [0.2, 0.25) is 0 Å². The minimum absolute atomic E-state index is 0.201. The molecule has 33 heavy (non-hydrogen) atoms. The molecule has 7 nitrogen and oxygen atoms in total. The molecule has 1 heterocycles. The minimum atomic E-state index is -1.04. The van der Waals surface area contributed by atoms with Gasteiger partial charge < -0.3 is 14.8 Å². The Balaban J connectivity index is 1.69. The van der Waals surface area contributed by atoms with E-state index in [0.29, 0.717) is 11.4 Å². The van der Waals surface area contributed by atoms with Crippen LogP contribution in [-0.2, 0) is 30.8 Å². The van der Waals surface area contributed by atoms with Gasteiger partial charge in [-0.25, -0.2) is 9.59 Å². The fraction of sp³-hybridized carbons (Fsp3) is 0.208. The summed E-state index contributed by atoms with van der Waals surface area (Å²) in [6.07, 6.45) is 1.58. The highest BCUT2D eigenvalue weighted by molar-refractivity contribution is 7.83. The molecule has 1 amide bonds. The van der Waals surface area contributed by atoms with Gasteiger partial charge in [0.1, 0.15) is 4.88 Å². The van der Waals surface area contributed by atoms with Gasteiger partial charge >= 0.3 is 11.9 Å². The molecule has 2 aromatic carbocycles. The summed E-state index contributed by atoms with van der Waals surface area (Å²) < 4.78 is 21.6. The van der Waals surface area contributed by atoms with Gasteiger partial charge in [-0.05, 0) is 36.2 Å². The molecule has 0 spiro atoms. The molecule has 1 atom stereocenters. The van der Waals surface area contributed by atoms with Crippen molar-refractivity contribution < 1.29 is 28.1 Å². The van der Waals surface area contributed by atoms with Crippen LogP contribution in [0.3, 0.4) is 0 Å². The largest absolute Gasteiger partial charge is 0.462 e. The molecule has 3 aromatic rings. The van der Waals surface area contributed by atoms with E-state index in [4.69, 9.17) is 9.47 Å². The second-order valence-corrected chi connectivity index (χ2v) is 9.47. The minimum Gasteiger partial charge on any atom is -0.462 e. The van der Waals surface area contributed by atoms with Crippen molar-refractivity contribution in [2.45, 2.75) is 12.7 Å². The molecule has 0 saturated carbocycles. The summed E-state index contributed by atoms with van der Waals surface area (Å²) in [4.78, 5) is 38.2. The number of anilines is 1. The van der Waals surface area contributed by atoms with E-state index in [-0.39, 0.29) is 17.0 Å². The lowest BCUT2D eigenvalue weighted by Gasteiger charge is -2.08. The van der Waals surface area contributed by atoms with Gasteiger partial charge in [0.25, 0.3) is 5.91 Å². The molecule has 172 valence electrons. The number of thiophene rings is 1. The van der Waals surface area contributed by atoms with Crippen LogP contribution in [0.5, 0.6) is 0 Å². The summed E-state index contributed by atoms with van der Waals surface area (Å²) in [5, 5.41) is 2.64. The van der Waals surface area contributed by atoms with Gasteiger partial charge in [-0.2, -0.15) is 0 Å². The lowest BCUT2D eigenvalue weighted by atomic mass is 10.1. The summed E-state index contributed by atoms with van der Waals surface area (Å²) in [5.41, 5.74) is 2.19. The first-order valence-corrected chi connectivity index (χ1v) is 12.6. The first kappa shape index (κ1) is 24.3. The van der Waals surface area contributed by atoms with Crippen LogP contribution in [0.2, 0.25) is 0 Å². The monoisotopic (exact) mass is 485 g/mol. The van der Waals surface area contributed by atoms with E-state index in [0.717, 1.165) is 16.0 Å². The summed E-state index contributed by atoms with van der Waals surface area (Å²) >= 11 is 1.21. The number of hydrogen-bond donors (Lipinski definition) is 1. The molecule has 1 aromatic heterocycles. The van der Waals surface area contributed by atoms with E-state index in [2.05, 4.69) is 5.32 Å². The topological polar surface area (TPSA) is 98.8 Å². The second kappa shape index (κ2) is 11.5. The molecule has 3 rings (SSSR count). The maximum Gasteiger partial charge on any atom is 0.350 e. The molecule has 0 aliphatic carbocycles. The second-order valence-electron chi connectivity index (χ2n) is 6.98. The predicted octanol–water partition coefficient (Wildman–Crippen LogP) is 4.27. The van der Waals surface area contributed by atoms with Crippen LogP contribution < -0.4 is 5.32 Å². The quantitative estimate of drug-likeness (QED) is 0.455. The Morgan fingerprint density at radius 1 is 0.970 bits per heavy atom. The number of hydrogen-bond acceptors (Lipinski definition) is 7. The molecular formula is C24H23NO6S2. The predicted molar refractivity (Wildman–Crippen MR) is 129 cm³/mol. The van der Waals surface area contributed by atoms with Crippen molar-refractivity contribution in [1.29, 1.82) is 0 Å². The highest BCUT2D eigenvalue weighted by Crippen LogP contribution is 2.35. The fourth-order valence-corrected chi connectivity index (χ4v) is 4.66. The lowest BCUT2D eigenvalue weighted by Crippen LogP contribution is -2.21. The third-order valence-electron chi connectivity index (χ3n) is 4.39. The third-order valence-corrected chi connectivity index (χ3v) is 6.30. The van der Waals surface area contributed by atoms with Crippen LogP contribution in [0.15, 0.2) is 60.7 Å². The zero-order valence-corrected chi connectivity index (χ0v) is 19.8. The van der Waals surface area contributed by atoms with Crippen molar-refractivity contribution in [3.63, 3.8) is 0 Å². The zero-order chi connectivity index (χ0) is 23.8. The molecule has 0 saturated heterocycles. The third kappa shape index (κ3) is 6.84. The van der Waals surface area contributed by atoms with Crippen molar-refractivity contribution in [2.24, 2.45) is 0 Å². The normalized spacial score (nSPS) is 11.5. The number of nitrogens with one attached hydrogen (secondary N) is 1. The number of amides is 1. The van der Waals surface area contributed by atoms with Crippen molar-refractivity contribution in [2.75, 3.05) is 24.8 Å². The van der Waals surface area contributed by atoms with Crippen LogP contribution in [0, 0.1) is 0 Å². The van der Waals surface area contributed by atoms with Gasteiger partial charge in [-0.1, -0.05) is 42.5 Å². The van der Waals surface area contributed by atoms with Gasteiger partial charge in [0.05, 0.1) is 17.9 Å². The van der Waals surface area contributed by atoms with E-state index in [9.17, 15) is 18.6 Å². The molecule has 1 N–H and O–H groups in total. The highest BCUT2D eigenvalue weighted by atomic mass is 32.2. The Kier molecular flexibility index (Phi) is 8.51. The van der Waals surface area contributed by atoms with Crippen molar-refractivity contribution in [3.05, 3.63) is 76.7 Å². The van der Waals surface area contributed by atoms with Gasteiger partial charge in [0.15, 0.2) is 6.61 Å². The average molecular weight is 486 g/mol. The Bertz CT molecular complexity index is 1170. The van der Waals surface area contributed by atoms with Crippen LogP contribution in [0.25, 0.3) is 10.4 Å². The first-order valence-electron chi connectivity index (χ1n) is 10.1. The summed E-state index contributed by atoms with van der Waals surface area (Å²) in [7, 11) is -1.04. The molecular weight excluding hydrogens is 462 g/mol. The summed E-state index contributed by atoms with van der Waals surface area (Å²) in [6, 6.07) is 17.7. The molecule has 0 bridgehead atoms. The van der Waals surface area contributed by atoms with E-state index in [1.165, 1.54) is 11.3 Å².